The monoisotopic (exact) mass is 284 g/mol. The predicted octanol–water partition coefficient (Wildman–Crippen LogP) is 4.37. The lowest BCUT2D eigenvalue weighted by molar-refractivity contribution is 0.465. The Bertz CT molecular complexity index is 564. The standard InChI is InChI=1S/C19H28N2/c1-2-12-20-13-11-17-15-21(14-16-7-3-4-8-16)19-10-6-5-9-18(17)19/h5-6,9-10,15-16,20H,2-4,7-8,11-14H2,1H3. The predicted molar refractivity (Wildman–Crippen MR) is 90.8 cm³/mol. The van der Waals surface area contributed by atoms with E-state index in [1.54, 1.807) is 0 Å². The summed E-state index contributed by atoms with van der Waals surface area (Å²) in [6, 6.07) is 8.92. The van der Waals surface area contributed by atoms with Gasteiger partial charge in [-0.05, 0) is 56.3 Å². The largest absolute Gasteiger partial charge is 0.347 e. The van der Waals surface area contributed by atoms with Crippen LogP contribution in [0.5, 0.6) is 0 Å². The van der Waals surface area contributed by atoms with Crippen molar-refractivity contribution in [1.29, 1.82) is 0 Å². The number of rotatable bonds is 7. The number of hydrogen-bond donors (Lipinski definition) is 1. The van der Waals surface area contributed by atoms with E-state index >= 15 is 0 Å². The molecule has 2 aromatic rings. The zero-order valence-corrected chi connectivity index (χ0v) is 13.3. The molecule has 1 fully saturated rings. The van der Waals surface area contributed by atoms with E-state index in [9.17, 15) is 0 Å². The first-order valence-corrected chi connectivity index (χ1v) is 8.66. The SMILES string of the molecule is CCCNCCc1cn(CC2CCCC2)c2ccccc12. The lowest BCUT2D eigenvalue weighted by Crippen LogP contribution is -2.17. The quantitative estimate of drug-likeness (QED) is 0.747. The van der Waals surface area contributed by atoms with Crippen LogP contribution in [0.25, 0.3) is 10.9 Å². The maximum atomic E-state index is 3.52. The van der Waals surface area contributed by atoms with E-state index in [4.69, 9.17) is 0 Å². The number of hydrogen-bond acceptors (Lipinski definition) is 1. The van der Waals surface area contributed by atoms with E-state index in [-0.39, 0.29) is 0 Å². The molecular weight excluding hydrogens is 256 g/mol. The second-order valence-electron chi connectivity index (χ2n) is 6.47. The van der Waals surface area contributed by atoms with Crippen LogP contribution < -0.4 is 5.32 Å². The minimum Gasteiger partial charge on any atom is -0.347 e. The smallest absolute Gasteiger partial charge is 0.0483 e. The third-order valence-electron chi connectivity index (χ3n) is 4.80. The van der Waals surface area contributed by atoms with Crippen LogP contribution in [0, 0.1) is 5.92 Å². The summed E-state index contributed by atoms with van der Waals surface area (Å²) in [7, 11) is 0. The highest BCUT2D eigenvalue weighted by atomic mass is 15.0. The first kappa shape index (κ1) is 14.6. The first-order valence-electron chi connectivity index (χ1n) is 8.66. The molecule has 3 rings (SSSR count). The molecule has 0 atom stereocenters. The molecule has 0 saturated heterocycles. The molecule has 1 aromatic heterocycles. The van der Waals surface area contributed by atoms with E-state index in [0.717, 1.165) is 25.4 Å². The van der Waals surface area contributed by atoms with Crippen molar-refractivity contribution in [3.63, 3.8) is 0 Å². The van der Waals surface area contributed by atoms with Gasteiger partial charge in [-0.15, -0.1) is 0 Å². The zero-order valence-electron chi connectivity index (χ0n) is 13.3. The molecule has 1 N–H and O–H groups in total. The number of nitrogens with one attached hydrogen (secondary N) is 1. The fourth-order valence-electron chi connectivity index (χ4n) is 3.67. The highest BCUT2D eigenvalue weighted by Crippen LogP contribution is 2.29. The Morgan fingerprint density at radius 3 is 2.76 bits per heavy atom. The second kappa shape index (κ2) is 7.13. The van der Waals surface area contributed by atoms with Crippen LogP contribution in [0.1, 0.15) is 44.6 Å². The van der Waals surface area contributed by atoms with E-state index in [1.165, 1.54) is 55.1 Å². The Morgan fingerprint density at radius 1 is 1.14 bits per heavy atom. The van der Waals surface area contributed by atoms with Gasteiger partial charge in [0.1, 0.15) is 0 Å². The van der Waals surface area contributed by atoms with E-state index in [2.05, 4.69) is 47.3 Å². The molecule has 2 heteroatoms. The molecular formula is C19H28N2. The van der Waals surface area contributed by atoms with Gasteiger partial charge in [0.05, 0.1) is 0 Å². The fraction of sp³-hybridized carbons (Fsp3) is 0.579. The summed E-state index contributed by atoms with van der Waals surface area (Å²) >= 11 is 0. The van der Waals surface area contributed by atoms with Crippen LogP contribution in [0.15, 0.2) is 30.5 Å². The maximum absolute atomic E-state index is 3.52. The molecule has 0 radical (unpaired) electrons. The minimum atomic E-state index is 0.895. The van der Waals surface area contributed by atoms with E-state index in [1.807, 2.05) is 0 Å². The molecule has 21 heavy (non-hydrogen) atoms. The Kier molecular flexibility index (Phi) is 4.97. The summed E-state index contributed by atoms with van der Waals surface area (Å²) < 4.78 is 2.51. The fourth-order valence-corrected chi connectivity index (χ4v) is 3.67. The molecule has 1 saturated carbocycles. The summed E-state index contributed by atoms with van der Waals surface area (Å²) in [6.45, 7) is 5.65. The Balaban J connectivity index is 1.76. The topological polar surface area (TPSA) is 17.0 Å². The van der Waals surface area contributed by atoms with Crippen molar-refractivity contribution in [2.45, 2.75) is 52.0 Å². The van der Waals surface area contributed by atoms with Crippen LogP contribution in [0.3, 0.4) is 0 Å². The Morgan fingerprint density at radius 2 is 1.95 bits per heavy atom. The van der Waals surface area contributed by atoms with Gasteiger partial charge in [0.2, 0.25) is 0 Å². The first-order chi connectivity index (χ1) is 10.4. The van der Waals surface area contributed by atoms with Gasteiger partial charge < -0.3 is 9.88 Å². The normalized spacial score (nSPS) is 16.0. The molecule has 0 aliphatic heterocycles. The molecule has 0 amide bonds. The van der Waals surface area contributed by atoms with E-state index < -0.39 is 0 Å². The van der Waals surface area contributed by atoms with Gasteiger partial charge in [-0.25, -0.2) is 0 Å². The third kappa shape index (κ3) is 3.49. The number of aromatic nitrogens is 1. The van der Waals surface area contributed by atoms with Gasteiger partial charge in [-0.2, -0.15) is 0 Å². The lowest BCUT2D eigenvalue weighted by Gasteiger charge is -2.11. The molecule has 0 bridgehead atoms. The Hall–Kier alpha value is -1.28. The van der Waals surface area contributed by atoms with Gasteiger partial charge >= 0.3 is 0 Å². The van der Waals surface area contributed by atoms with Crippen molar-refractivity contribution in [2.75, 3.05) is 13.1 Å². The van der Waals surface area contributed by atoms with Crippen LogP contribution >= 0.6 is 0 Å². The van der Waals surface area contributed by atoms with Gasteiger partial charge in [-0.1, -0.05) is 38.0 Å². The highest BCUT2D eigenvalue weighted by Gasteiger charge is 2.17. The van der Waals surface area contributed by atoms with Crippen LogP contribution in [0.4, 0.5) is 0 Å². The summed E-state index contributed by atoms with van der Waals surface area (Å²) in [5.41, 5.74) is 2.93. The number of nitrogens with zero attached hydrogens (tertiary/aromatic N) is 1. The van der Waals surface area contributed by atoms with Crippen LogP contribution in [-0.4, -0.2) is 17.7 Å². The van der Waals surface area contributed by atoms with E-state index in [0.29, 0.717) is 0 Å². The van der Waals surface area contributed by atoms with Gasteiger partial charge in [-0.3, -0.25) is 0 Å². The third-order valence-corrected chi connectivity index (χ3v) is 4.80. The molecule has 2 nitrogen and oxygen atoms in total. The maximum Gasteiger partial charge on any atom is 0.0483 e. The minimum absolute atomic E-state index is 0.895. The van der Waals surface area contributed by atoms with Gasteiger partial charge in [0.15, 0.2) is 0 Å². The number of benzene rings is 1. The van der Waals surface area contributed by atoms with Gasteiger partial charge in [0, 0.05) is 23.6 Å². The average molecular weight is 284 g/mol. The van der Waals surface area contributed by atoms with Gasteiger partial charge in [0.25, 0.3) is 0 Å². The molecule has 0 spiro atoms. The molecule has 1 aromatic carbocycles. The Labute approximate surface area is 128 Å². The molecule has 1 heterocycles. The molecule has 1 aliphatic rings. The summed E-state index contributed by atoms with van der Waals surface area (Å²) in [5, 5.41) is 4.97. The highest BCUT2D eigenvalue weighted by molar-refractivity contribution is 5.84. The molecule has 0 unspecified atom stereocenters. The van der Waals surface area contributed by atoms with Crippen LogP contribution in [-0.2, 0) is 13.0 Å². The van der Waals surface area contributed by atoms with Crippen molar-refractivity contribution in [3.05, 3.63) is 36.0 Å². The molecule has 1 aliphatic carbocycles. The van der Waals surface area contributed by atoms with Crippen LogP contribution in [0.2, 0.25) is 0 Å². The number of fused-ring (bicyclic) bond motifs is 1. The van der Waals surface area contributed by atoms with Crippen molar-refractivity contribution in [1.82, 2.24) is 9.88 Å². The summed E-state index contributed by atoms with van der Waals surface area (Å²) in [4.78, 5) is 0. The number of para-hydroxylation sites is 1. The van der Waals surface area contributed by atoms with Crippen molar-refractivity contribution >= 4 is 10.9 Å². The average Bonchev–Trinajstić information content (AvgIpc) is 3.13. The summed E-state index contributed by atoms with van der Waals surface area (Å²) in [5.74, 6) is 0.895. The van der Waals surface area contributed by atoms with Crippen molar-refractivity contribution in [2.24, 2.45) is 5.92 Å². The lowest BCUT2D eigenvalue weighted by atomic mass is 10.1. The second-order valence-corrected chi connectivity index (χ2v) is 6.47. The zero-order chi connectivity index (χ0) is 14.5. The summed E-state index contributed by atoms with van der Waals surface area (Å²) in [6.07, 6.45) is 10.5. The molecule has 114 valence electrons. The van der Waals surface area contributed by atoms with Crippen molar-refractivity contribution < 1.29 is 0 Å². The van der Waals surface area contributed by atoms with Crippen molar-refractivity contribution in [3.8, 4) is 0 Å².